The lowest BCUT2D eigenvalue weighted by Gasteiger charge is -2.19. The van der Waals surface area contributed by atoms with E-state index in [1.165, 1.54) is 10.6 Å². The molecule has 0 spiro atoms. The first-order chi connectivity index (χ1) is 12.8. The molecular weight excluding hydrogens is 342 g/mol. The van der Waals surface area contributed by atoms with E-state index in [0.717, 1.165) is 10.9 Å². The first kappa shape index (κ1) is 18.4. The normalized spacial score (nSPS) is 11.2. The Morgan fingerprint density at radius 2 is 2.00 bits per heavy atom. The summed E-state index contributed by atoms with van der Waals surface area (Å²) in [5, 5.41) is 3.56. The summed E-state index contributed by atoms with van der Waals surface area (Å²) in [5.41, 5.74) is 2.26. The van der Waals surface area contributed by atoms with Crippen molar-refractivity contribution < 1.29 is 14.3 Å². The van der Waals surface area contributed by atoms with Crippen molar-refractivity contribution in [2.24, 2.45) is 0 Å². The lowest BCUT2D eigenvalue weighted by atomic mass is 10.1. The molecule has 0 atom stereocenters. The summed E-state index contributed by atoms with van der Waals surface area (Å²) in [6.45, 7) is 8.92. The number of amides is 1. The Balaban J connectivity index is 1.98. The zero-order chi connectivity index (χ0) is 19.6. The van der Waals surface area contributed by atoms with Crippen LogP contribution >= 0.6 is 0 Å². The molecule has 2 heterocycles. The number of hydrogen-bond donors (Lipinski definition) is 1. The summed E-state index contributed by atoms with van der Waals surface area (Å²) in [6.07, 6.45) is 4.15. The number of benzene rings is 1. The van der Waals surface area contributed by atoms with Gasteiger partial charge in [0.1, 0.15) is 5.60 Å². The molecule has 3 rings (SSSR count). The van der Waals surface area contributed by atoms with Gasteiger partial charge in [0.25, 0.3) is 0 Å². The van der Waals surface area contributed by atoms with Crippen molar-refractivity contribution in [1.82, 2.24) is 9.55 Å². The summed E-state index contributed by atoms with van der Waals surface area (Å²) < 4.78 is 6.93. The standard InChI is InChI=1S/C21H21N3O3/c1-5-19(25)23-16-8-6-7-14(11-16)17-12-18-15(13-22-17)9-10-24(18)20(26)27-21(2,3)4/h5-13H,1H2,2-4H3,(H,23,25). The molecule has 0 aliphatic rings. The SMILES string of the molecule is C=CC(=O)Nc1cccc(-c2cc3c(ccn3C(=O)OC(C)(C)C)cn2)c1. The van der Waals surface area contributed by atoms with Gasteiger partial charge in [0.15, 0.2) is 0 Å². The van der Waals surface area contributed by atoms with Crippen molar-refractivity contribution in [3.8, 4) is 11.3 Å². The van der Waals surface area contributed by atoms with Crippen LogP contribution in [0.15, 0.2) is 61.4 Å². The molecule has 0 saturated carbocycles. The highest BCUT2D eigenvalue weighted by molar-refractivity contribution is 5.99. The first-order valence-corrected chi connectivity index (χ1v) is 8.51. The van der Waals surface area contributed by atoms with Crippen molar-refractivity contribution in [3.05, 3.63) is 61.4 Å². The molecule has 6 heteroatoms. The zero-order valence-electron chi connectivity index (χ0n) is 15.5. The Morgan fingerprint density at radius 3 is 2.70 bits per heavy atom. The van der Waals surface area contributed by atoms with E-state index in [0.29, 0.717) is 16.9 Å². The van der Waals surface area contributed by atoms with Crippen molar-refractivity contribution in [2.45, 2.75) is 26.4 Å². The maximum atomic E-state index is 12.5. The Labute approximate surface area is 157 Å². The van der Waals surface area contributed by atoms with Crippen LogP contribution < -0.4 is 5.32 Å². The molecule has 3 aromatic rings. The Kier molecular flexibility index (Phi) is 4.81. The largest absolute Gasteiger partial charge is 0.443 e. The number of carbonyl (C=O) groups excluding carboxylic acids is 2. The quantitative estimate of drug-likeness (QED) is 0.690. The molecule has 0 aliphatic carbocycles. The van der Waals surface area contributed by atoms with E-state index in [1.807, 2.05) is 51.1 Å². The highest BCUT2D eigenvalue weighted by Gasteiger charge is 2.19. The highest BCUT2D eigenvalue weighted by atomic mass is 16.6. The zero-order valence-corrected chi connectivity index (χ0v) is 15.5. The molecule has 0 saturated heterocycles. The summed E-state index contributed by atoms with van der Waals surface area (Å²) in [7, 11) is 0. The molecule has 27 heavy (non-hydrogen) atoms. The van der Waals surface area contributed by atoms with Crippen LogP contribution in [0.2, 0.25) is 0 Å². The maximum Gasteiger partial charge on any atom is 0.418 e. The predicted molar refractivity (Wildman–Crippen MR) is 106 cm³/mol. The third-order valence-electron chi connectivity index (χ3n) is 3.78. The van der Waals surface area contributed by atoms with E-state index in [2.05, 4.69) is 16.9 Å². The van der Waals surface area contributed by atoms with Gasteiger partial charge in [0.05, 0.1) is 11.2 Å². The van der Waals surface area contributed by atoms with Crippen LogP contribution in [0.25, 0.3) is 22.2 Å². The molecule has 138 valence electrons. The Hall–Kier alpha value is -3.41. The van der Waals surface area contributed by atoms with Crippen LogP contribution in [0.5, 0.6) is 0 Å². The second-order valence-electron chi connectivity index (χ2n) is 7.07. The maximum absolute atomic E-state index is 12.5. The number of nitrogens with one attached hydrogen (secondary N) is 1. The number of carbonyl (C=O) groups is 2. The van der Waals surface area contributed by atoms with Crippen LogP contribution in [0.3, 0.4) is 0 Å². The van der Waals surface area contributed by atoms with Crippen LogP contribution in [0, 0.1) is 0 Å². The smallest absolute Gasteiger partial charge is 0.418 e. The van der Waals surface area contributed by atoms with Crippen LogP contribution in [0.1, 0.15) is 20.8 Å². The van der Waals surface area contributed by atoms with Gasteiger partial charge in [-0.15, -0.1) is 0 Å². The second kappa shape index (κ2) is 7.07. The molecule has 0 radical (unpaired) electrons. The lowest BCUT2D eigenvalue weighted by Crippen LogP contribution is -2.26. The van der Waals surface area contributed by atoms with Gasteiger partial charge in [-0.05, 0) is 51.1 Å². The van der Waals surface area contributed by atoms with Crippen molar-refractivity contribution >= 4 is 28.6 Å². The van der Waals surface area contributed by atoms with E-state index in [-0.39, 0.29) is 5.91 Å². The van der Waals surface area contributed by atoms with Crippen molar-refractivity contribution in [3.63, 3.8) is 0 Å². The van der Waals surface area contributed by atoms with Gasteiger partial charge >= 0.3 is 6.09 Å². The fourth-order valence-corrected chi connectivity index (χ4v) is 2.61. The molecule has 1 N–H and O–H groups in total. The molecule has 0 bridgehead atoms. The monoisotopic (exact) mass is 363 g/mol. The molecule has 0 aliphatic heterocycles. The van der Waals surface area contributed by atoms with Crippen LogP contribution in [0.4, 0.5) is 10.5 Å². The minimum absolute atomic E-state index is 0.283. The molecule has 0 fully saturated rings. The van der Waals surface area contributed by atoms with Gasteiger partial charge in [-0.3, -0.25) is 14.3 Å². The average molecular weight is 363 g/mol. The van der Waals surface area contributed by atoms with Gasteiger partial charge in [-0.2, -0.15) is 0 Å². The fourth-order valence-electron chi connectivity index (χ4n) is 2.61. The molecular formula is C21H21N3O3. The summed E-state index contributed by atoms with van der Waals surface area (Å²) in [6, 6.07) is 11.0. The van der Waals surface area contributed by atoms with Gasteiger partial charge < -0.3 is 10.1 Å². The first-order valence-electron chi connectivity index (χ1n) is 8.51. The van der Waals surface area contributed by atoms with E-state index >= 15 is 0 Å². The number of ether oxygens (including phenoxy) is 1. The number of aromatic nitrogens is 2. The number of nitrogens with zero attached hydrogens (tertiary/aromatic N) is 2. The molecule has 1 aromatic carbocycles. The number of pyridine rings is 1. The van der Waals surface area contributed by atoms with Gasteiger partial charge in [0.2, 0.25) is 5.91 Å². The second-order valence-corrected chi connectivity index (χ2v) is 7.07. The van der Waals surface area contributed by atoms with E-state index in [1.54, 1.807) is 18.5 Å². The van der Waals surface area contributed by atoms with Crippen molar-refractivity contribution in [2.75, 3.05) is 5.32 Å². The summed E-state index contributed by atoms with van der Waals surface area (Å²) in [4.78, 5) is 28.4. The highest BCUT2D eigenvalue weighted by Crippen LogP contribution is 2.25. The van der Waals surface area contributed by atoms with Gasteiger partial charge in [0, 0.05) is 29.0 Å². The topological polar surface area (TPSA) is 73.2 Å². The third-order valence-corrected chi connectivity index (χ3v) is 3.78. The molecule has 6 nitrogen and oxygen atoms in total. The van der Waals surface area contributed by atoms with E-state index in [9.17, 15) is 9.59 Å². The number of rotatable bonds is 3. The third kappa shape index (κ3) is 4.23. The minimum Gasteiger partial charge on any atom is -0.443 e. The average Bonchev–Trinajstić information content (AvgIpc) is 3.03. The molecule has 0 unspecified atom stereocenters. The Morgan fingerprint density at radius 1 is 1.22 bits per heavy atom. The number of hydrogen-bond acceptors (Lipinski definition) is 4. The minimum atomic E-state index is -0.582. The fraction of sp³-hybridized carbons (Fsp3) is 0.190. The van der Waals surface area contributed by atoms with Crippen molar-refractivity contribution in [1.29, 1.82) is 0 Å². The van der Waals surface area contributed by atoms with E-state index < -0.39 is 11.7 Å². The number of anilines is 1. The molecule has 2 aromatic heterocycles. The van der Waals surface area contributed by atoms with E-state index in [4.69, 9.17) is 4.74 Å². The van der Waals surface area contributed by atoms with Crippen LogP contribution in [-0.4, -0.2) is 27.2 Å². The predicted octanol–water partition coefficient (Wildman–Crippen LogP) is 4.61. The summed E-state index contributed by atoms with van der Waals surface area (Å²) in [5.74, 6) is -0.283. The van der Waals surface area contributed by atoms with Crippen LogP contribution in [-0.2, 0) is 9.53 Å². The van der Waals surface area contributed by atoms with Gasteiger partial charge in [-0.1, -0.05) is 18.7 Å². The lowest BCUT2D eigenvalue weighted by molar-refractivity contribution is -0.111. The molecule has 1 amide bonds. The number of fused-ring (bicyclic) bond motifs is 1. The van der Waals surface area contributed by atoms with Gasteiger partial charge in [-0.25, -0.2) is 4.79 Å². The Bertz CT molecular complexity index is 1030. The summed E-state index contributed by atoms with van der Waals surface area (Å²) >= 11 is 0.